The zero-order valence-electron chi connectivity index (χ0n) is 15.1. The summed E-state index contributed by atoms with van der Waals surface area (Å²) in [5.74, 6) is 2.90. The Bertz CT molecular complexity index is 819. The van der Waals surface area contributed by atoms with E-state index < -0.39 is 0 Å². The summed E-state index contributed by atoms with van der Waals surface area (Å²) in [7, 11) is 0. The zero-order valence-corrected chi connectivity index (χ0v) is 15.1. The molecule has 5 rings (SSSR count). The van der Waals surface area contributed by atoms with Gasteiger partial charge in [-0.2, -0.15) is 0 Å². The van der Waals surface area contributed by atoms with Crippen LogP contribution < -0.4 is 0 Å². The summed E-state index contributed by atoms with van der Waals surface area (Å²) >= 11 is 0. The molecule has 1 aliphatic heterocycles. The average molecular weight is 356 g/mol. The largest absolute Gasteiger partial charge is 0.375 e. The van der Waals surface area contributed by atoms with Gasteiger partial charge < -0.3 is 18.7 Å². The maximum absolute atomic E-state index is 12.9. The zero-order chi connectivity index (χ0) is 17.7. The first-order valence-corrected chi connectivity index (χ1v) is 9.60. The number of rotatable bonds is 6. The molecule has 138 valence electrons. The lowest BCUT2D eigenvalue weighted by molar-refractivity contribution is 0.0616. The van der Waals surface area contributed by atoms with Crippen LogP contribution in [0, 0.1) is 5.92 Å². The van der Waals surface area contributed by atoms with Crippen LogP contribution in [0.5, 0.6) is 0 Å². The summed E-state index contributed by atoms with van der Waals surface area (Å²) in [4.78, 5) is 19.3. The molecular formula is C19H24N4O3. The van der Waals surface area contributed by atoms with Crippen molar-refractivity contribution in [1.29, 1.82) is 0 Å². The van der Waals surface area contributed by atoms with E-state index in [4.69, 9.17) is 9.26 Å². The second-order valence-electron chi connectivity index (χ2n) is 7.78. The van der Waals surface area contributed by atoms with Gasteiger partial charge in [0.1, 0.15) is 11.6 Å². The van der Waals surface area contributed by atoms with E-state index in [1.54, 1.807) is 0 Å². The number of fused-ring (bicyclic) bond motifs is 1. The number of ether oxygens (including phenoxy) is 1. The highest BCUT2D eigenvalue weighted by atomic mass is 16.5. The fourth-order valence-electron chi connectivity index (χ4n) is 3.66. The van der Waals surface area contributed by atoms with Crippen molar-refractivity contribution in [2.75, 3.05) is 13.2 Å². The molecule has 0 radical (unpaired) electrons. The number of hydrogen-bond donors (Lipinski definition) is 0. The van der Waals surface area contributed by atoms with E-state index >= 15 is 0 Å². The molecule has 0 spiro atoms. The number of carbonyl (C=O) groups is 1. The van der Waals surface area contributed by atoms with Crippen molar-refractivity contribution in [3.8, 4) is 0 Å². The first-order valence-electron chi connectivity index (χ1n) is 9.60. The summed E-state index contributed by atoms with van der Waals surface area (Å²) in [6.07, 6.45) is 6.73. The molecule has 0 bridgehead atoms. The van der Waals surface area contributed by atoms with Gasteiger partial charge in [0, 0.05) is 31.7 Å². The minimum absolute atomic E-state index is 0.0751. The van der Waals surface area contributed by atoms with Gasteiger partial charge in [-0.15, -0.1) is 0 Å². The first kappa shape index (κ1) is 16.1. The predicted molar refractivity (Wildman–Crippen MR) is 92.5 cm³/mol. The highest BCUT2D eigenvalue weighted by molar-refractivity contribution is 5.92. The Morgan fingerprint density at radius 1 is 1.31 bits per heavy atom. The Balaban J connectivity index is 1.28. The fourth-order valence-corrected chi connectivity index (χ4v) is 3.66. The molecule has 1 amide bonds. The first-order chi connectivity index (χ1) is 12.7. The number of nitrogens with zero attached hydrogens (tertiary/aromatic N) is 4. The summed E-state index contributed by atoms with van der Waals surface area (Å²) in [5.41, 5.74) is 1.50. The second-order valence-corrected chi connectivity index (χ2v) is 7.78. The number of hydrogen-bond acceptors (Lipinski definition) is 5. The van der Waals surface area contributed by atoms with Gasteiger partial charge in [0.2, 0.25) is 0 Å². The summed E-state index contributed by atoms with van der Waals surface area (Å²) in [5, 5.41) is 4.00. The van der Waals surface area contributed by atoms with E-state index in [-0.39, 0.29) is 11.9 Å². The van der Waals surface area contributed by atoms with Crippen molar-refractivity contribution < 1.29 is 14.1 Å². The number of imidazole rings is 1. The van der Waals surface area contributed by atoms with Crippen LogP contribution >= 0.6 is 0 Å². The van der Waals surface area contributed by atoms with E-state index in [1.807, 2.05) is 24.1 Å². The van der Waals surface area contributed by atoms with Gasteiger partial charge in [-0.05, 0) is 38.5 Å². The Kier molecular flexibility index (Phi) is 3.85. The van der Waals surface area contributed by atoms with Crippen molar-refractivity contribution in [2.24, 2.45) is 5.92 Å². The second kappa shape index (κ2) is 6.23. The van der Waals surface area contributed by atoms with E-state index in [1.165, 1.54) is 12.8 Å². The number of aromatic nitrogens is 3. The molecule has 0 aromatic carbocycles. The quantitative estimate of drug-likeness (QED) is 0.796. The van der Waals surface area contributed by atoms with Gasteiger partial charge >= 0.3 is 0 Å². The van der Waals surface area contributed by atoms with Crippen molar-refractivity contribution in [1.82, 2.24) is 19.6 Å². The normalized spacial score (nSPS) is 22.5. The average Bonchev–Trinajstić information content (AvgIpc) is 3.57. The molecule has 2 saturated carbocycles. The highest BCUT2D eigenvalue weighted by Gasteiger charge is 2.34. The molecular weight excluding hydrogens is 332 g/mol. The van der Waals surface area contributed by atoms with Crippen molar-refractivity contribution in [3.63, 3.8) is 0 Å². The lowest BCUT2D eigenvalue weighted by Gasteiger charge is -2.33. The smallest absolute Gasteiger partial charge is 0.276 e. The van der Waals surface area contributed by atoms with Crippen LogP contribution in [0.3, 0.4) is 0 Å². The van der Waals surface area contributed by atoms with E-state index in [9.17, 15) is 4.79 Å². The SMILES string of the molecule is C[C@@H]1c2ncc(COCC3CC3)n2CCN1C(=O)c1cc(C2CC2)on1. The molecule has 26 heavy (non-hydrogen) atoms. The van der Waals surface area contributed by atoms with Crippen molar-refractivity contribution in [3.05, 3.63) is 35.2 Å². The molecule has 0 N–H and O–H groups in total. The molecule has 2 fully saturated rings. The maximum atomic E-state index is 12.9. The van der Waals surface area contributed by atoms with Crippen LogP contribution in [0.15, 0.2) is 16.8 Å². The number of carbonyl (C=O) groups excluding carboxylic acids is 1. The molecule has 7 heteroatoms. The molecule has 0 saturated heterocycles. The van der Waals surface area contributed by atoms with Gasteiger partial charge in [-0.3, -0.25) is 4.79 Å². The molecule has 7 nitrogen and oxygen atoms in total. The maximum Gasteiger partial charge on any atom is 0.276 e. The predicted octanol–water partition coefficient (Wildman–Crippen LogP) is 2.89. The summed E-state index contributed by atoms with van der Waals surface area (Å²) in [6.45, 7) is 4.84. The molecule has 3 aliphatic rings. The Hall–Kier alpha value is -2.15. The minimum atomic E-state index is -0.0884. The minimum Gasteiger partial charge on any atom is -0.375 e. The fraction of sp³-hybridized carbons (Fsp3) is 0.632. The standard InChI is InChI=1S/C19H24N4O3/c1-12-18-20-9-15(11-25-10-13-2-3-13)23(18)7-6-22(12)19(24)16-8-17(26-21-16)14-4-5-14/h8-9,12-14H,2-7,10-11H2,1H3/t12-/m1/s1. The van der Waals surface area contributed by atoms with Crippen LogP contribution in [0.2, 0.25) is 0 Å². The molecule has 2 aliphatic carbocycles. The third-order valence-corrected chi connectivity index (χ3v) is 5.66. The van der Waals surface area contributed by atoms with E-state index in [2.05, 4.69) is 14.7 Å². The van der Waals surface area contributed by atoms with E-state index in [0.29, 0.717) is 24.8 Å². The monoisotopic (exact) mass is 356 g/mol. The van der Waals surface area contributed by atoms with Crippen LogP contribution in [0.25, 0.3) is 0 Å². The highest BCUT2D eigenvalue weighted by Crippen LogP contribution is 2.40. The van der Waals surface area contributed by atoms with Crippen LogP contribution in [-0.2, 0) is 17.9 Å². The Morgan fingerprint density at radius 3 is 2.92 bits per heavy atom. The van der Waals surface area contributed by atoms with Gasteiger partial charge in [-0.1, -0.05) is 5.16 Å². The van der Waals surface area contributed by atoms with Crippen molar-refractivity contribution in [2.45, 2.75) is 57.7 Å². The van der Waals surface area contributed by atoms with Gasteiger partial charge in [0.25, 0.3) is 5.91 Å². The Morgan fingerprint density at radius 2 is 2.15 bits per heavy atom. The van der Waals surface area contributed by atoms with Gasteiger partial charge in [-0.25, -0.2) is 4.98 Å². The van der Waals surface area contributed by atoms with Crippen molar-refractivity contribution >= 4 is 5.91 Å². The molecule has 0 unspecified atom stereocenters. The van der Waals surface area contributed by atoms with E-state index in [0.717, 1.165) is 49.2 Å². The number of amides is 1. The van der Waals surface area contributed by atoms with Gasteiger partial charge in [0.15, 0.2) is 5.69 Å². The third kappa shape index (κ3) is 2.94. The molecule has 2 aromatic heterocycles. The summed E-state index contributed by atoms with van der Waals surface area (Å²) in [6, 6.07) is 1.72. The molecule has 2 aromatic rings. The lowest BCUT2D eigenvalue weighted by Crippen LogP contribution is -2.41. The molecule has 1 atom stereocenters. The lowest BCUT2D eigenvalue weighted by atomic mass is 10.1. The van der Waals surface area contributed by atoms with Crippen LogP contribution in [-0.4, -0.2) is 38.7 Å². The third-order valence-electron chi connectivity index (χ3n) is 5.66. The summed E-state index contributed by atoms with van der Waals surface area (Å²) < 4.78 is 13.4. The van der Waals surface area contributed by atoms with Crippen LogP contribution in [0.1, 0.15) is 72.3 Å². The topological polar surface area (TPSA) is 73.4 Å². The Labute approximate surface area is 152 Å². The van der Waals surface area contributed by atoms with Gasteiger partial charge in [0.05, 0.1) is 24.5 Å². The van der Waals surface area contributed by atoms with Crippen LogP contribution in [0.4, 0.5) is 0 Å². The molecule has 3 heterocycles.